The van der Waals surface area contributed by atoms with Crippen LogP contribution < -0.4 is 5.73 Å². The van der Waals surface area contributed by atoms with Crippen LogP contribution in [0.1, 0.15) is 76.7 Å². The summed E-state index contributed by atoms with van der Waals surface area (Å²) in [5.41, 5.74) is 7.57. The summed E-state index contributed by atoms with van der Waals surface area (Å²) in [5.74, 6) is -1.08. The number of rotatable bonds is 16. The summed E-state index contributed by atoms with van der Waals surface area (Å²) in [7, 11) is 0. The highest BCUT2D eigenvalue weighted by Gasteiger charge is 2.19. The number of esters is 2. The van der Waals surface area contributed by atoms with Crippen LogP contribution in [0.5, 0.6) is 5.75 Å². The maximum Gasteiger partial charge on any atom is 0.344 e. The zero-order chi connectivity index (χ0) is 23.2. The molecule has 2 rings (SSSR count). The van der Waals surface area contributed by atoms with Gasteiger partial charge in [-0.25, -0.2) is 4.79 Å². The van der Waals surface area contributed by atoms with Crippen molar-refractivity contribution in [2.24, 2.45) is 5.73 Å². The number of ether oxygens (including phenoxy) is 2. The lowest BCUT2D eigenvalue weighted by molar-refractivity contribution is -0.159. The van der Waals surface area contributed by atoms with Gasteiger partial charge < -0.3 is 25.3 Å². The molecule has 2 aromatic rings. The molecule has 0 saturated heterocycles. The highest BCUT2D eigenvalue weighted by Crippen LogP contribution is 2.23. The fraction of sp³-hybridized carbons (Fsp3) is 0.600. The predicted octanol–water partition coefficient (Wildman–Crippen LogP) is 4.75. The lowest BCUT2D eigenvalue weighted by Crippen LogP contribution is -2.35. The van der Waals surface area contributed by atoms with Crippen molar-refractivity contribution >= 4 is 22.8 Å². The molecule has 32 heavy (non-hydrogen) atoms. The molecule has 0 spiro atoms. The number of aromatic amines is 1. The van der Waals surface area contributed by atoms with E-state index >= 15 is 0 Å². The Balaban J connectivity index is 1.54. The number of aromatic hydroxyl groups is 1. The van der Waals surface area contributed by atoms with Crippen molar-refractivity contribution in [3.63, 3.8) is 0 Å². The van der Waals surface area contributed by atoms with Crippen LogP contribution in [0.2, 0.25) is 0 Å². The average Bonchev–Trinajstić information content (AvgIpc) is 3.17. The number of fused-ring (bicyclic) bond motifs is 1. The number of carbonyl (C=O) groups excluding carboxylic acids is 2. The first-order chi connectivity index (χ1) is 15.5. The van der Waals surface area contributed by atoms with E-state index < -0.39 is 24.6 Å². The molecular weight excluding hydrogens is 408 g/mol. The summed E-state index contributed by atoms with van der Waals surface area (Å²) in [6.45, 7) is 2.14. The molecule has 4 N–H and O–H groups in total. The topological polar surface area (TPSA) is 115 Å². The van der Waals surface area contributed by atoms with Crippen LogP contribution in [0.15, 0.2) is 24.4 Å². The van der Waals surface area contributed by atoms with Crippen LogP contribution in [-0.2, 0) is 25.5 Å². The SMILES string of the molecule is CCCCCCCCCCCCOC(=O)COC(=O)C(N)Cc1c[nH]c2ccc(O)cc12. The summed E-state index contributed by atoms with van der Waals surface area (Å²) in [6.07, 6.45) is 14.1. The lowest BCUT2D eigenvalue weighted by atomic mass is 10.1. The second-order valence-electron chi connectivity index (χ2n) is 8.36. The molecule has 0 amide bonds. The fourth-order valence-electron chi connectivity index (χ4n) is 3.71. The van der Waals surface area contributed by atoms with Gasteiger partial charge in [-0.2, -0.15) is 0 Å². The number of nitrogens with one attached hydrogen (secondary N) is 1. The maximum atomic E-state index is 12.1. The second-order valence-corrected chi connectivity index (χ2v) is 8.36. The number of H-pyrrole nitrogens is 1. The van der Waals surface area contributed by atoms with Gasteiger partial charge in [0.1, 0.15) is 11.8 Å². The molecule has 1 aromatic carbocycles. The molecule has 1 aromatic heterocycles. The number of carbonyl (C=O) groups is 2. The summed E-state index contributed by atoms with van der Waals surface area (Å²) >= 11 is 0. The Morgan fingerprint density at radius 3 is 2.34 bits per heavy atom. The van der Waals surface area contributed by atoms with Gasteiger partial charge in [-0.3, -0.25) is 4.79 Å². The smallest absolute Gasteiger partial charge is 0.344 e. The van der Waals surface area contributed by atoms with E-state index in [1.807, 2.05) is 0 Å². The van der Waals surface area contributed by atoms with Gasteiger partial charge in [-0.15, -0.1) is 0 Å². The van der Waals surface area contributed by atoms with Crippen LogP contribution in [0.4, 0.5) is 0 Å². The number of unbranched alkanes of at least 4 members (excludes halogenated alkanes) is 9. The summed E-state index contributed by atoms with van der Waals surface area (Å²) < 4.78 is 10.1. The zero-order valence-corrected chi connectivity index (χ0v) is 19.2. The molecule has 0 aliphatic heterocycles. The number of hydrogen-bond donors (Lipinski definition) is 3. The Bertz CT molecular complexity index is 833. The van der Waals surface area contributed by atoms with Crippen molar-refractivity contribution in [1.29, 1.82) is 0 Å². The van der Waals surface area contributed by atoms with Gasteiger partial charge in [0.2, 0.25) is 0 Å². The molecule has 1 unspecified atom stereocenters. The van der Waals surface area contributed by atoms with Crippen LogP contribution in [-0.4, -0.2) is 41.3 Å². The molecule has 0 fully saturated rings. The van der Waals surface area contributed by atoms with Gasteiger partial charge in [0.15, 0.2) is 6.61 Å². The van der Waals surface area contributed by atoms with Gasteiger partial charge in [0.25, 0.3) is 0 Å². The van der Waals surface area contributed by atoms with Gasteiger partial charge in [0, 0.05) is 23.5 Å². The second kappa shape index (κ2) is 14.5. The number of phenols is 1. The van der Waals surface area contributed by atoms with E-state index in [1.165, 1.54) is 44.9 Å². The van der Waals surface area contributed by atoms with E-state index in [4.69, 9.17) is 15.2 Å². The Labute approximate surface area is 190 Å². The number of phenolic OH excluding ortho intramolecular Hbond substituents is 1. The fourth-order valence-corrected chi connectivity index (χ4v) is 3.71. The molecule has 178 valence electrons. The molecule has 1 atom stereocenters. The number of nitrogens with two attached hydrogens (primary N) is 1. The highest BCUT2D eigenvalue weighted by atomic mass is 16.6. The van der Waals surface area contributed by atoms with Crippen molar-refractivity contribution in [2.45, 2.75) is 83.6 Å². The third-order valence-electron chi connectivity index (χ3n) is 5.59. The third kappa shape index (κ3) is 9.30. The van der Waals surface area contributed by atoms with Gasteiger partial charge in [0.05, 0.1) is 6.61 Å². The molecule has 0 aliphatic carbocycles. The Hall–Kier alpha value is -2.54. The van der Waals surface area contributed by atoms with Crippen molar-refractivity contribution in [3.8, 4) is 5.75 Å². The highest BCUT2D eigenvalue weighted by molar-refractivity contribution is 5.86. The maximum absolute atomic E-state index is 12.1. The molecule has 0 aliphatic rings. The van der Waals surface area contributed by atoms with Crippen LogP contribution in [0.3, 0.4) is 0 Å². The Morgan fingerprint density at radius 2 is 1.66 bits per heavy atom. The molecule has 1 heterocycles. The molecular formula is C25H38N2O5. The lowest BCUT2D eigenvalue weighted by Gasteiger charge is -2.11. The zero-order valence-electron chi connectivity index (χ0n) is 19.2. The van der Waals surface area contributed by atoms with Gasteiger partial charge in [-0.1, -0.05) is 64.7 Å². The van der Waals surface area contributed by atoms with E-state index in [9.17, 15) is 14.7 Å². The Kier molecular flexibility index (Phi) is 11.7. The first-order valence-corrected chi connectivity index (χ1v) is 11.9. The quantitative estimate of drug-likeness (QED) is 0.253. The molecule has 7 nitrogen and oxygen atoms in total. The van der Waals surface area contributed by atoms with Crippen LogP contribution >= 0.6 is 0 Å². The van der Waals surface area contributed by atoms with E-state index in [0.29, 0.717) is 6.61 Å². The summed E-state index contributed by atoms with van der Waals surface area (Å²) in [6, 6.07) is 4.04. The standard InChI is InChI=1S/C25H38N2O5/c1-2-3-4-5-6-7-8-9-10-11-14-31-24(29)18-32-25(30)22(26)15-19-17-27-23-13-12-20(28)16-21(19)23/h12-13,16-17,22,27-28H,2-11,14-15,18,26H2,1H3. The van der Waals surface area contributed by atoms with Gasteiger partial charge >= 0.3 is 11.9 Å². The van der Waals surface area contributed by atoms with Crippen molar-refractivity contribution < 1.29 is 24.2 Å². The van der Waals surface area contributed by atoms with Crippen LogP contribution in [0, 0.1) is 0 Å². The molecule has 0 radical (unpaired) electrons. The summed E-state index contributed by atoms with van der Waals surface area (Å²) in [4.78, 5) is 27.0. The minimum atomic E-state index is -0.911. The number of aromatic nitrogens is 1. The monoisotopic (exact) mass is 446 g/mol. The van der Waals surface area contributed by atoms with Crippen LogP contribution in [0.25, 0.3) is 10.9 Å². The number of hydrogen-bond acceptors (Lipinski definition) is 6. The third-order valence-corrected chi connectivity index (χ3v) is 5.59. The minimum absolute atomic E-state index is 0.139. The van der Waals surface area contributed by atoms with E-state index in [2.05, 4.69) is 11.9 Å². The van der Waals surface area contributed by atoms with E-state index in [1.54, 1.807) is 24.4 Å². The molecule has 7 heteroatoms. The van der Waals surface area contributed by atoms with Crippen molar-refractivity contribution in [3.05, 3.63) is 30.0 Å². The molecule has 0 saturated carbocycles. The normalized spacial score (nSPS) is 12.1. The first kappa shape index (κ1) is 25.7. The summed E-state index contributed by atoms with van der Waals surface area (Å²) in [5, 5.41) is 10.4. The van der Waals surface area contributed by atoms with E-state index in [0.717, 1.165) is 35.7 Å². The van der Waals surface area contributed by atoms with Crippen molar-refractivity contribution in [2.75, 3.05) is 13.2 Å². The largest absolute Gasteiger partial charge is 0.508 e. The molecule has 0 bridgehead atoms. The minimum Gasteiger partial charge on any atom is -0.508 e. The van der Waals surface area contributed by atoms with Gasteiger partial charge in [-0.05, 0) is 30.2 Å². The van der Waals surface area contributed by atoms with Crippen molar-refractivity contribution in [1.82, 2.24) is 4.98 Å². The predicted molar refractivity (Wildman–Crippen MR) is 125 cm³/mol. The average molecular weight is 447 g/mol. The number of benzene rings is 1. The first-order valence-electron chi connectivity index (χ1n) is 11.9. The van der Waals surface area contributed by atoms with E-state index in [-0.39, 0.29) is 12.2 Å². The Morgan fingerprint density at radius 1 is 1.00 bits per heavy atom.